The molecule has 0 spiro atoms. The van der Waals surface area contributed by atoms with Crippen LogP contribution in [0, 0.1) is 11.3 Å². The minimum absolute atomic E-state index is 0.00739. The molecule has 0 bridgehead atoms. The lowest BCUT2D eigenvalue weighted by atomic mass is 9.85. The van der Waals surface area contributed by atoms with Crippen LogP contribution in [0.4, 0.5) is 14.7 Å². The highest BCUT2D eigenvalue weighted by Crippen LogP contribution is 2.45. The van der Waals surface area contributed by atoms with Gasteiger partial charge in [0.1, 0.15) is 47.0 Å². The minimum Gasteiger partial charge on any atom is -0.497 e. The van der Waals surface area contributed by atoms with Crippen LogP contribution >= 0.6 is 11.3 Å². The number of carboxylic acids is 1. The molecule has 3 aliphatic rings. The molecule has 0 radical (unpaired) electrons. The maximum atomic E-state index is 14.6. The van der Waals surface area contributed by atoms with Crippen LogP contribution in [0.5, 0.6) is 11.5 Å². The van der Waals surface area contributed by atoms with Crippen LogP contribution in [0.3, 0.4) is 0 Å². The SMILES string of the molecule is C=C[C@@H]1C[C@]1(NC(=O)[C@@H]1C[C@@H](Oc2cc(-c3csc(NC(=O)OC(C)C)n3)nc3cc(OC)ccc23)CN1C(=O)[C@@H](NC(=O)OC1CCCC1)C(C)(C)C)C(=O)O. The number of carbonyl (C=O) groups is 5. The molecule has 1 aliphatic heterocycles. The summed E-state index contributed by atoms with van der Waals surface area (Å²) in [7, 11) is 1.54. The van der Waals surface area contributed by atoms with Gasteiger partial charge >= 0.3 is 18.2 Å². The number of likely N-dealkylation sites (tertiary alicyclic amines) is 1. The van der Waals surface area contributed by atoms with Gasteiger partial charge in [-0.1, -0.05) is 26.8 Å². The van der Waals surface area contributed by atoms with Gasteiger partial charge in [-0.05, 0) is 63.5 Å². The lowest BCUT2D eigenvalue weighted by molar-refractivity contribution is -0.146. The highest BCUT2D eigenvalue weighted by molar-refractivity contribution is 7.14. The molecular formula is C40H50N6O10S. The van der Waals surface area contributed by atoms with E-state index in [9.17, 15) is 29.1 Å². The first kappa shape index (κ1) is 41.2. The third-order valence-electron chi connectivity index (χ3n) is 10.4. The van der Waals surface area contributed by atoms with Crippen LogP contribution in [0.15, 0.2) is 42.3 Å². The van der Waals surface area contributed by atoms with Gasteiger partial charge in [-0.2, -0.15) is 0 Å². The molecule has 2 aliphatic carbocycles. The molecule has 1 saturated heterocycles. The third kappa shape index (κ3) is 9.24. The van der Waals surface area contributed by atoms with Crippen molar-refractivity contribution in [1.29, 1.82) is 0 Å². The Morgan fingerprint density at radius 3 is 2.42 bits per heavy atom. The van der Waals surface area contributed by atoms with Crippen molar-refractivity contribution in [3.05, 3.63) is 42.3 Å². The fraction of sp³-hybridized carbons (Fsp3) is 0.525. The zero-order valence-corrected chi connectivity index (χ0v) is 33.8. The second-order valence-electron chi connectivity index (χ2n) is 16.1. The van der Waals surface area contributed by atoms with Crippen LogP contribution < -0.4 is 25.4 Å². The zero-order chi connectivity index (χ0) is 41.2. The number of carbonyl (C=O) groups excluding carboxylic acids is 4. The average molecular weight is 807 g/mol. The molecule has 3 fully saturated rings. The molecule has 0 unspecified atom stereocenters. The lowest BCUT2D eigenvalue weighted by Crippen LogP contribution is -2.59. The van der Waals surface area contributed by atoms with Gasteiger partial charge in [0.2, 0.25) is 11.8 Å². The number of methoxy groups -OCH3 is 1. The van der Waals surface area contributed by atoms with E-state index in [0.29, 0.717) is 38.9 Å². The molecule has 306 valence electrons. The smallest absolute Gasteiger partial charge is 0.413 e. The Labute approximate surface area is 334 Å². The quantitative estimate of drug-likeness (QED) is 0.149. The van der Waals surface area contributed by atoms with E-state index < -0.39 is 65.0 Å². The van der Waals surface area contributed by atoms with Gasteiger partial charge in [-0.25, -0.2) is 24.4 Å². The molecule has 1 aromatic carbocycles. The van der Waals surface area contributed by atoms with E-state index in [1.807, 2.05) is 0 Å². The molecule has 2 aromatic heterocycles. The van der Waals surface area contributed by atoms with Gasteiger partial charge in [0.15, 0.2) is 5.13 Å². The highest BCUT2D eigenvalue weighted by Gasteiger charge is 2.61. The molecular weight excluding hydrogens is 757 g/mol. The Morgan fingerprint density at radius 2 is 1.79 bits per heavy atom. The van der Waals surface area contributed by atoms with Crippen molar-refractivity contribution in [3.63, 3.8) is 0 Å². The maximum Gasteiger partial charge on any atom is 0.413 e. The molecule has 17 heteroatoms. The number of rotatable bonds is 13. The standard InChI is InChI=1S/C40H50N6O10S/c1-8-22-18-40(22,35(49)50)45-33(47)30-16-25(19-46(30)34(48)32(39(4,5)6)43-37(51)56-23-11-9-10-12-23)55-31-17-28(41-27-15-24(53-7)13-14-26(27)31)29-20-57-36(42-29)44-38(52)54-21(2)3/h8,13-15,17,20-23,25,30,32H,1,9-12,16,18-19H2,2-7H3,(H,43,51)(H,45,47)(H,49,50)(H,42,44,52)/t22-,25-,30+,32-,40-/m1/s1. The van der Waals surface area contributed by atoms with Crippen molar-refractivity contribution in [2.24, 2.45) is 11.3 Å². The number of aliphatic carboxylic acids is 1. The summed E-state index contributed by atoms with van der Waals surface area (Å²) in [6, 6.07) is 4.72. The van der Waals surface area contributed by atoms with Crippen molar-refractivity contribution >= 4 is 57.3 Å². The average Bonchev–Trinajstić information content (AvgIpc) is 3.56. The summed E-state index contributed by atoms with van der Waals surface area (Å²) in [4.78, 5) is 77.1. The van der Waals surface area contributed by atoms with E-state index in [0.717, 1.165) is 25.7 Å². The largest absolute Gasteiger partial charge is 0.497 e. The van der Waals surface area contributed by atoms with Crippen molar-refractivity contribution in [3.8, 4) is 22.9 Å². The number of nitrogens with zero attached hydrogens (tertiary/aromatic N) is 3. The maximum absolute atomic E-state index is 14.6. The molecule has 4 N–H and O–H groups in total. The van der Waals surface area contributed by atoms with Crippen LogP contribution in [0.25, 0.3) is 22.3 Å². The number of aromatic nitrogens is 2. The highest BCUT2D eigenvalue weighted by atomic mass is 32.1. The fourth-order valence-electron chi connectivity index (χ4n) is 7.31. The molecule has 3 aromatic rings. The van der Waals surface area contributed by atoms with Gasteiger partial charge in [0.25, 0.3) is 0 Å². The number of alkyl carbamates (subject to hydrolysis) is 1. The van der Waals surface area contributed by atoms with Crippen molar-refractivity contribution < 1.29 is 48.0 Å². The number of anilines is 1. The Balaban J connectivity index is 1.31. The topological polar surface area (TPSA) is 208 Å². The van der Waals surface area contributed by atoms with E-state index >= 15 is 0 Å². The number of hydrogen-bond donors (Lipinski definition) is 4. The van der Waals surface area contributed by atoms with E-state index in [-0.39, 0.29) is 31.6 Å². The Kier molecular flexibility index (Phi) is 12.0. The van der Waals surface area contributed by atoms with Gasteiger partial charge in [-0.15, -0.1) is 17.9 Å². The molecule has 57 heavy (non-hydrogen) atoms. The van der Waals surface area contributed by atoms with Crippen molar-refractivity contribution in [2.45, 2.75) is 109 Å². The van der Waals surface area contributed by atoms with E-state index in [4.69, 9.17) is 23.9 Å². The molecule has 16 nitrogen and oxygen atoms in total. The molecule has 5 atom stereocenters. The number of carboxylic acid groups (broad SMARTS) is 1. The number of hydrogen-bond acceptors (Lipinski definition) is 12. The zero-order valence-electron chi connectivity index (χ0n) is 33.0. The fourth-order valence-corrected chi connectivity index (χ4v) is 8.00. The summed E-state index contributed by atoms with van der Waals surface area (Å²) in [6.45, 7) is 12.5. The summed E-state index contributed by atoms with van der Waals surface area (Å²) < 4.78 is 22.9. The second-order valence-corrected chi connectivity index (χ2v) is 16.9. The molecule has 2 saturated carbocycles. The Morgan fingerprint density at radius 1 is 1.05 bits per heavy atom. The minimum atomic E-state index is -1.54. The van der Waals surface area contributed by atoms with E-state index in [2.05, 4.69) is 27.5 Å². The molecule has 6 rings (SSSR count). The predicted molar refractivity (Wildman–Crippen MR) is 211 cm³/mol. The monoisotopic (exact) mass is 806 g/mol. The predicted octanol–water partition coefficient (Wildman–Crippen LogP) is 5.90. The number of benzene rings is 1. The number of nitrogens with one attached hydrogen (secondary N) is 3. The summed E-state index contributed by atoms with van der Waals surface area (Å²) in [6.07, 6.45) is 2.39. The van der Waals surface area contributed by atoms with Crippen molar-refractivity contribution in [1.82, 2.24) is 25.5 Å². The third-order valence-corrected chi connectivity index (χ3v) is 11.2. The number of fused-ring (bicyclic) bond motifs is 1. The first-order valence-corrected chi connectivity index (χ1v) is 19.9. The summed E-state index contributed by atoms with van der Waals surface area (Å²) >= 11 is 1.19. The number of ether oxygens (including phenoxy) is 4. The van der Waals surface area contributed by atoms with Crippen LogP contribution in [0.2, 0.25) is 0 Å². The summed E-state index contributed by atoms with van der Waals surface area (Å²) in [5, 5.41) is 20.8. The van der Waals surface area contributed by atoms with Gasteiger partial charge in [-0.3, -0.25) is 14.9 Å². The van der Waals surface area contributed by atoms with Crippen LogP contribution in [0.1, 0.15) is 73.1 Å². The first-order chi connectivity index (χ1) is 27.0. The Hall–Kier alpha value is -5.45. The summed E-state index contributed by atoms with van der Waals surface area (Å²) in [5.74, 6) is -1.96. The first-order valence-electron chi connectivity index (χ1n) is 19.1. The van der Waals surface area contributed by atoms with Gasteiger partial charge < -0.3 is 39.6 Å². The molecule has 3 heterocycles. The lowest BCUT2D eigenvalue weighted by Gasteiger charge is -2.35. The number of pyridine rings is 1. The van der Waals surface area contributed by atoms with Crippen LogP contribution in [-0.2, 0) is 23.9 Å². The van der Waals surface area contributed by atoms with E-state index in [1.54, 1.807) is 64.3 Å². The normalized spacial score (nSPS) is 22.4. The van der Waals surface area contributed by atoms with Gasteiger partial charge in [0.05, 0.1) is 31.0 Å². The number of thiazole rings is 1. The summed E-state index contributed by atoms with van der Waals surface area (Å²) in [5.41, 5.74) is -0.979. The van der Waals surface area contributed by atoms with Crippen LogP contribution in [-0.4, -0.2) is 99.5 Å². The second kappa shape index (κ2) is 16.6. The Bertz CT molecular complexity index is 2040. The number of amides is 4. The van der Waals surface area contributed by atoms with E-state index in [1.165, 1.54) is 29.4 Å². The van der Waals surface area contributed by atoms with Gasteiger partial charge in [0, 0.05) is 35.2 Å². The molecule has 4 amide bonds. The van der Waals surface area contributed by atoms with Crippen molar-refractivity contribution in [2.75, 3.05) is 19.0 Å².